The van der Waals surface area contributed by atoms with Gasteiger partial charge in [0.2, 0.25) is 0 Å². The van der Waals surface area contributed by atoms with Crippen LogP contribution in [0.1, 0.15) is 66.4 Å². The molecule has 0 bridgehead atoms. The smallest absolute Gasteiger partial charge is 0.192 e. The first-order valence-corrected chi connectivity index (χ1v) is 21.2. The van der Waals surface area contributed by atoms with Crippen molar-refractivity contribution in [2.24, 2.45) is 0 Å². The summed E-state index contributed by atoms with van der Waals surface area (Å²) in [4.78, 5) is 11.4. The Morgan fingerprint density at radius 1 is 0.805 bits per heavy atom. The summed E-state index contributed by atoms with van der Waals surface area (Å²) in [5, 5.41) is 0.0474. The highest BCUT2D eigenvalue weighted by Gasteiger charge is 2.61. The van der Waals surface area contributed by atoms with E-state index in [1.807, 2.05) is 18.2 Å². The predicted molar refractivity (Wildman–Crippen MR) is 166 cm³/mol. The van der Waals surface area contributed by atoms with Crippen LogP contribution in [0.25, 0.3) is 0 Å². The van der Waals surface area contributed by atoms with Crippen molar-refractivity contribution in [2.75, 3.05) is 6.61 Å². The fraction of sp³-hybridized carbons (Fsp3) is 0.781. The van der Waals surface area contributed by atoms with Gasteiger partial charge in [0.25, 0.3) is 0 Å². The molecule has 0 spiro atoms. The molecule has 0 saturated carbocycles. The molecule has 1 aromatic rings. The number of carbonyl (C=O) groups excluding carboxylic acids is 1. The molecular formula is C32H54O7Si2. The van der Waals surface area contributed by atoms with Gasteiger partial charge in [-0.3, -0.25) is 0 Å². The highest BCUT2D eigenvalue weighted by Crippen LogP contribution is 2.47. The van der Waals surface area contributed by atoms with Gasteiger partial charge in [-0.2, -0.15) is 0 Å². The third-order valence-corrected chi connectivity index (χ3v) is 19.0. The second kappa shape index (κ2) is 12.6. The Kier molecular flexibility index (Phi) is 10.1. The molecule has 3 aliphatic heterocycles. The average molecular weight is 607 g/mol. The van der Waals surface area contributed by atoms with Gasteiger partial charge < -0.3 is 32.6 Å². The van der Waals surface area contributed by atoms with Crippen LogP contribution in [0, 0.1) is 0 Å². The molecule has 7 nitrogen and oxygen atoms in total. The number of hydrogen-bond donors (Lipinski definition) is 0. The largest absolute Gasteiger partial charge is 0.408 e. The molecule has 0 radical (unpaired) electrons. The maximum Gasteiger partial charge on any atom is 0.192 e. The minimum Gasteiger partial charge on any atom is -0.408 e. The molecule has 0 unspecified atom stereocenters. The molecule has 0 N–H and O–H groups in total. The monoisotopic (exact) mass is 606 g/mol. The second-order valence-corrected chi connectivity index (χ2v) is 24.7. The number of rotatable bonds is 10. The Morgan fingerprint density at radius 3 is 1.98 bits per heavy atom. The van der Waals surface area contributed by atoms with E-state index in [4.69, 9.17) is 27.8 Å². The summed E-state index contributed by atoms with van der Waals surface area (Å²) >= 11 is 0. The van der Waals surface area contributed by atoms with E-state index >= 15 is 0 Å². The fourth-order valence-electron chi connectivity index (χ4n) is 5.48. The average Bonchev–Trinajstić information content (AvgIpc) is 3.20. The lowest BCUT2D eigenvalue weighted by molar-refractivity contribution is -0.255. The molecule has 3 fully saturated rings. The maximum absolute atomic E-state index is 11.4. The molecule has 41 heavy (non-hydrogen) atoms. The third kappa shape index (κ3) is 7.42. The highest BCUT2D eigenvalue weighted by molar-refractivity contribution is 6.74. The van der Waals surface area contributed by atoms with Crippen LogP contribution in [0.4, 0.5) is 0 Å². The van der Waals surface area contributed by atoms with Gasteiger partial charge >= 0.3 is 0 Å². The van der Waals surface area contributed by atoms with E-state index in [0.717, 1.165) is 24.7 Å². The Morgan fingerprint density at radius 2 is 1.39 bits per heavy atom. The summed E-state index contributed by atoms with van der Waals surface area (Å²) in [7, 11) is -4.38. The Balaban J connectivity index is 1.65. The number of aldehydes is 1. The van der Waals surface area contributed by atoms with Crippen molar-refractivity contribution >= 4 is 22.9 Å². The van der Waals surface area contributed by atoms with Gasteiger partial charge in [0.15, 0.2) is 16.6 Å². The normalized spacial score (nSPS) is 32.8. The molecule has 9 heteroatoms. The highest BCUT2D eigenvalue weighted by atomic mass is 28.4. The minimum atomic E-state index is -2.21. The molecule has 0 aliphatic carbocycles. The molecule has 0 aromatic heterocycles. The summed E-state index contributed by atoms with van der Waals surface area (Å²) in [5.41, 5.74) is 1.13. The number of carbonyl (C=O) groups is 1. The molecule has 232 valence electrons. The van der Waals surface area contributed by atoms with Gasteiger partial charge in [-0.25, -0.2) is 0 Å². The summed E-state index contributed by atoms with van der Waals surface area (Å²) in [6, 6.07) is 10.2. The Bertz CT molecular complexity index is 1000. The van der Waals surface area contributed by atoms with Crippen LogP contribution in [0.3, 0.4) is 0 Å². The van der Waals surface area contributed by atoms with E-state index < -0.39 is 16.6 Å². The lowest BCUT2D eigenvalue weighted by atomic mass is 9.88. The first-order chi connectivity index (χ1) is 19.0. The maximum atomic E-state index is 11.4. The Labute approximate surface area is 250 Å². The van der Waals surface area contributed by atoms with E-state index in [0.29, 0.717) is 19.6 Å². The van der Waals surface area contributed by atoms with E-state index in [1.165, 1.54) is 0 Å². The van der Waals surface area contributed by atoms with E-state index in [9.17, 15) is 4.79 Å². The van der Waals surface area contributed by atoms with Crippen LogP contribution in [0.5, 0.6) is 0 Å². The van der Waals surface area contributed by atoms with Crippen molar-refractivity contribution < 1.29 is 32.6 Å². The molecule has 4 rings (SSSR count). The van der Waals surface area contributed by atoms with Crippen LogP contribution >= 0.6 is 0 Å². The van der Waals surface area contributed by atoms with E-state index in [1.54, 1.807) is 0 Å². The van der Waals surface area contributed by atoms with Gasteiger partial charge in [0.05, 0.1) is 25.4 Å². The van der Waals surface area contributed by atoms with Crippen LogP contribution in [0.15, 0.2) is 30.3 Å². The summed E-state index contributed by atoms with van der Waals surface area (Å²) < 4.78 is 40.9. The molecule has 1 aromatic carbocycles. The summed E-state index contributed by atoms with van der Waals surface area (Å²) in [6.45, 7) is 23.6. The van der Waals surface area contributed by atoms with Gasteiger partial charge in [-0.05, 0) is 54.7 Å². The van der Waals surface area contributed by atoms with Crippen molar-refractivity contribution in [1.82, 2.24) is 0 Å². The topological polar surface area (TPSA) is 72.5 Å². The molecular weight excluding hydrogens is 553 g/mol. The fourth-order valence-corrected chi connectivity index (χ4v) is 8.11. The van der Waals surface area contributed by atoms with Crippen molar-refractivity contribution in [2.45, 2.75) is 153 Å². The number of fused-ring (bicyclic) bond motifs is 2. The van der Waals surface area contributed by atoms with Crippen LogP contribution in [0.2, 0.25) is 36.3 Å². The molecule has 0 amide bonds. The number of hydrogen-bond acceptors (Lipinski definition) is 7. The first kappa shape index (κ1) is 33.0. The van der Waals surface area contributed by atoms with Gasteiger partial charge in [-0.15, -0.1) is 0 Å². The lowest BCUT2D eigenvalue weighted by Gasteiger charge is -2.51. The molecule has 3 aliphatic rings. The molecule has 3 heterocycles. The van der Waals surface area contributed by atoms with Crippen LogP contribution < -0.4 is 0 Å². The predicted octanol–water partition coefficient (Wildman–Crippen LogP) is 6.66. The van der Waals surface area contributed by atoms with Crippen LogP contribution in [-0.2, 0) is 39.2 Å². The summed E-state index contributed by atoms with van der Waals surface area (Å²) in [5.74, 6) is 0. The molecule has 8 atom stereocenters. The van der Waals surface area contributed by atoms with Crippen molar-refractivity contribution in [3.8, 4) is 0 Å². The second-order valence-electron chi connectivity index (χ2n) is 15.2. The first-order valence-electron chi connectivity index (χ1n) is 15.4. The lowest BCUT2D eigenvalue weighted by Crippen LogP contribution is -2.65. The van der Waals surface area contributed by atoms with Crippen LogP contribution in [-0.4, -0.2) is 78.4 Å². The minimum absolute atomic E-state index is 0.0149. The number of benzene rings is 1. The van der Waals surface area contributed by atoms with Crippen molar-refractivity contribution in [3.63, 3.8) is 0 Å². The summed E-state index contributed by atoms with van der Waals surface area (Å²) in [6.07, 6.45) is 0.924. The van der Waals surface area contributed by atoms with Crippen molar-refractivity contribution in [1.29, 1.82) is 0 Å². The Hall–Kier alpha value is -0.916. The number of ether oxygens (including phenoxy) is 4. The zero-order valence-corrected chi connectivity index (χ0v) is 29.0. The zero-order chi connectivity index (χ0) is 30.2. The standard InChI is InChI=1S/C32H54O7Si2/c1-31(2,3)40(7,8)38-27-25(21-34-20-22-14-12-11-13-15-22)37-29-28(27)36-24-17-16-23(18-19-33)35-26(24)30(29)39-41(9,10)32(4,5)6/h11-15,19,23-30H,16-18,20-21H2,1-10H3/t23-,24+,25-,26+,27+,28+,29-,30+/m1/s1. The third-order valence-electron chi connectivity index (χ3n) is 10.0. The van der Waals surface area contributed by atoms with Gasteiger partial charge in [-0.1, -0.05) is 71.9 Å². The van der Waals surface area contributed by atoms with Crippen molar-refractivity contribution in [3.05, 3.63) is 35.9 Å². The SMILES string of the molecule is CC(C)(C)[Si](C)(C)O[C@@H]1[C@@H]2O[C@H](COCc3ccccc3)[C@H](O[Si](C)(C)C(C)(C)C)[C@@H]2O[C@H]2CC[C@H](CC=O)O[C@H]12. The molecule has 3 saturated heterocycles. The zero-order valence-electron chi connectivity index (χ0n) is 27.0. The quantitative estimate of drug-likeness (QED) is 0.218. The van der Waals surface area contributed by atoms with Gasteiger partial charge in [0.1, 0.15) is 42.9 Å². The van der Waals surface area contributed by atoms with E-state index in [-0.39, 0.29) is 58.9 Å². The van der Waals surface area contributed by atoms with Gasteiger partial charge in [0, 0.05) is 6.42 Å². The van der Waals surface area contributed by atoms with E-state index in [2.05, 4.69) is 79.9 Å².